The maximum Gasteiger partial charge on any atom is 0.227 e. The van der Waals surface area contributed by atoms with E-state index in [2.05, 4.69) is 27.3 Å². The van der Waals surface area contributed by atoms with Crippen LogP contribution in [-0.4, -0.2) is 62.7 Å². The van der Waals surface area contributed by atoms with Crippen LogP contribution in [0.4, 0.5) is 0 Å². The zero-order chi connectivity index (χ0) is 22.3. The number of hydrogen-bond acceptors (Lipinski definition) is 5. The first kappa shape index (κ1) is 25.9. The number of hydrogen-bond donors (Lipinski definition) is 0. The summed E-state index contributed by atoms with van der Waals surface area (Å²) in [7, 11) is 3.31. The molecule has 1 fully saturated rings. The van der Waals surface area contributed by atoms with E-state index in [1.807, 2.05) is 23.5 Å². The molecule has 1 aromatic carbocycles. The molecule has 2 aliphatic rings. The maximum atomic E-state index is 13.1. The van der Waals surface area contributed by atoms with Crippen LogP contribution in [0.2, 0.25) is 0 Å². The third kappa shape index (κ3) is 6.87. The van der Waals surface area contributed by atoms with Gasteiger partial charge in [0, 0.05) is 24.5 Å². The third-order valence-electron chi connectivity index (χ3n) is 6.86. The maximum absolute atomic E-state index is 13.1. The number of methoxy groups -OCH3 is 2. The van der Waals surface area contributed by atoms with Gasteiger partial charge < -0.3 is 19.3 Å². The molecule has 4 rings (SSSR count). The van der Waals surface area contributed by atoms with Crippen LogP contribution < -0.4 is 9.47 Å². The second kappa shape index (κ2) is 12.6. The van der Waals surface area contributed by atoms with E-state index >= 15 is 0 Å². The molecule has 2 aliphatic heterocycles. The Morgan fingerprint density at radius 2 is 1.88 bits per heavy atom. The first-order chi connectivity index (χ1) is 15.7. The van der Waals surface area contributed by atoms with Gasteiger partial charge in [-0.1, -0.05) is 6.07 Å². The Morgan fingerprint density at radius 1 is 1.09 bits per heavy atom. The van der Waals surface area contributed by atoms with E-state index in [0.29, 0.717) is 18.1 Å². The van der Waals surface area contributed by atoms with E-state index < -0.39 is 0 Å². The number of halogens is 1. The van der Waals surface area contributed by atoms with Crippen molar-refractivity contribution in [3.63, 3.8) is 0 Å². The van der Waals surface area contributed by atoms with Crippen molar-refractivity contribution in [3.8, 4) is 11.5 Å². The van der Waals surface area contributed by atoms with Gasteiger partial charge in [-0.25, -0.2) is 0 Å². The lowest BCUT2D eigenvalue weighted by molar-refractivity contribution is -0.131. The van der Waals surface area contributed by atoms with Crippen LogP contribution >= 0.6 is 23.7 Å². The summed E-state index contributed by atoms with van der Waals surface area (Å²) >= 11 is 1.87. The van der Waals surface area contributed by atoms with Crippen molar-refractivity contribution in [1.29, 1.82) is 0 Å². The first-order valence-corrected chi connectivity index (χ1v) is 12.8. The molecule has 0 saturated carbocycles. The zero-order valence-corrected chi connectivity index (χ0v) is 21.5. The number of piperidine rings is 1. The Balaban J connectivity index is 0.00000306. The number of aryl methyl sites for hydroxylation is 1. The molecule has 1 amide bonds. The number of nitrogens with zero attached hydrogens (tertiary/aromatic N) is 2. The first-order valence-electron chi connectivity index (χ1n) is 11.9. The fourth-order valence-corrected chi connectivity index (χ4v) is 5.86. The number of rotatable bonds is 9. The van der Waals surface area contributed by atoms with Gasteiger partial charge in [0.15, 0.2) is 11.5 Å². The molecule has 182 valence electrons. The van der Waals surface area contributed by atoms with Crippen LogP contribution in [0.15, 0.2) is 29.6 Å². The monoisotopic (exact) mass is 492 g/mol. The fraction of sp³-hybridized carbons (Fsp3) is 0.577. The molecule has 33 heavy (non-hydrogen) atoms. The number of carbonyl (C=O) groups excluding carboxylic acids is 1. The zero-order valence-electron chi connectivity index (χ0n) is 19.9. The van der Waals surface area contributed by atoms with Crippen LogP contribution in [0.3, 0.4) is 0 Å². The van der Waals surface area contributed by atoms with E-state index in [1.165, 1.54) is 55.6 Å². The summed E-state index contributed by atoms with van der Waals surface area (Å²) < 4.78 is 10.9. The van der Waals surface area contributed by atoms with Gasteiger partial charge in [-0.3, -0.25) is 4.79 Å². The second-order valence-electron chi connectivity index (χ2n) is 9.09. The molecule has 2 aromatic rings. The minimum atomic E-state index is 0. The van der Waals surface area contributed by atoms with Crippen molar-refractivity contribution in [2.24, 2.45) is 5.92 Å². The normalized spacial score (nSPS) is 18.9. The van der Waals surface area contributed by atoms with E-state index in [-0.39, 0.29) is 18.3 Å². The van der Waals surface area contributed by atoms with Crippen molar-refractivity contribution >= 4 is 29.7 Å². The smallest absolute Gasteiger partial charge is 0.227 e. The van der Waals surface area contributed by atoms with Crippen LogP contribution in [-0.2, 0) is 24.1 Å². The predicted molar refractivity (Wildman–Crippen MR) is 137 cm³/mol. The van der Waals surface area contributed by atoms with E-state index in [4.69, 9.17) is 9.47 Å². The number of likely N-dealkylation sites (tertiary alicyclic amines) is 1. The van der Waals surface area contributed by atoms with Gasteiger partial charge in [0.1, 0.15) is 0 Å². The van der Waals surface area contributed by atoms with Crippen molar-refractivity contribution < 1.29 is 14.3 Å². The Morgan fingerprint density at radius 3 is 2.61 bits per heavy atom. The molecule has 0 radical (unpaired) electrons. The van der Waals surface area contributed by atoms with Gasteiger partial charge in [0.25, 0.3) is 0 Å². The highest BCUT2D eigenvalue weighted by Gasteiger charge is 2.27. The molecular weight excluding hydrogens is 456 g/mol. The number of unbranched alkanes of at least 4 members (excludes halogenated alkanes) is 1. The lowest BCUT2D eigenvalue weighted by Gasteiger charge is -2.35. The van der Waals surface area contributed by atoms with E-state index in [9.17, 15) is 4.79 Å². The lowest BCUT2D eigenvalue weighted by Crippen LogP contribution is -2.43. The Labute approximate surface area is 208 Å². The number of amides is 1. The minimum Gasteiger partial charge on any atom is -0.493 e. The summed E-state index contributed by atoms with van der Waals surface area (Å²) in [6, 6.07) is 8.41. The SMILES string of the molecule is COc1cc2c(cc1OC)CC(=O)N(CC1CCCN(CCCCc3cccs3)C1)CC2.Cl. The van der Waals surface area contributed by atoms with Crippen molar-refractivity contribution in [2.75, 3.05) is 46.9 Å². The quantitative estimate of drug-likeness (QED) is 0.469. The molecule has 0 aliphatic carbocycles. The average molecular weight is 493 g/mol. The minimum absolute atomic E-state index is 0. The van der Waals surface area contributed by atoms with Crippen LogP contribution in [0.1, 0.15) is 41.7 Å². The summed E-state index contributed by atoms with van der Waals surface area (Å²) in [6.07, 6.45) is 7.52. The van der Waals surface area contributed by atoms with Crippen LogP contribution in [0, 0.1) is 5.92 Å². The molecule has 0 N–H and O–H groups in total. The molecule has 1 unspecified atom stereocenters. The molecule has 1 saturated heterocycles. The van der Waals surface area contributed by atoms with Crippen molar-refractivity contribution in [3.05, 3.63) is 45.6 Å². The molecule has 0 bridgehead atoms. The van der Waals surface area contributed by atoms with Crippen LogP contribution in [0.5, 0.6) is 11.5 Å². The van der Waals surface area contributed by atoms with Crippen LogP contribution in [0.25, 0.3) is 0 Å². The van der Waals surface area contributed by atoms with Gasteiger partial charge in [0.05, 0.1) is 20.6 Å². The highest BCUT2D eigenvalue weighted by molar-refractivity contribution is 7.09. The van der Waals surface area contributed by atoms with E-state index in [0.717, 1.165) is 37.4 Å². The summed E-state index contributed by atoms with van der Waals surface area (Å²) in [5.74, 6) is 2.27. The van der Waals surface area contributed by atoms with Crippen molar-refractivity contribution in [1.82, 2.24) is 9.80 Å². The van der Waals surface area contributed by atoms with Gasteiger partial charge >= 0.3 is 0 Å². The molecule has 1 atom stereocenters. The molecule has 0 spiro atoms. The number of ether oxygens (including phenoxy) is 2. The summed E-state index contributed by atoms with van der Waals surface area (Å²) in [6.45, 7) is 5.18. The summed E-state index contributed by atoms with van der Waals surface area (Å²) in [4.78, 5) is 19.3. The molecule has 5 nitrogen and oxygen atoms in total. The van der Waals surface area contributed by atoms with Gasteiger partial charge in [-0.15, -0.1) is 23.7 Å². The fourth-order valence-electron chi connectivity index (χ4n) is 5.11. The summed E-state index contributed by atoms with van der Waals surface area (Å²) in [5.41, 5.74) is 2.28. The second-order valence-corrected chi connectivity index (χ2v) is 10.1. The largest absolute Gasteiger partial charge is 0.493 e. The number of benzene rings is 1. The number of fused-ring (bicyclic) bond motifs is 1. The van der Waals surface area contributed by atoms with Gasteiger partial charge in [0.2, 0.25) is 5.91 Å². The topological polar surface area (TPSA) is 42.0 Å². The molecule has 3 heterocycles. The standard InChI is InChI=1S/C26H36N2O3S.ClH/c1-30-24-15-21-10-13-28(26(29)17-22(21)16-25(24)31-2)19-20-7-5-12-27(18-20)11-4-3-8-23-9-6-14-32-23;/h6,9,14-16,20H,3-5,7-8,10-13,17-19H2,1-2H3;1H. The number of thiophene rings is 1. The van der Waals surface area contributed by atoms with Gasteiger partial charge in [-0.05, 0) is 92.2 Å². The number of carbonyl (C=O) groups is 1. The van der Waals surface area contributed by atoms with E-state index in [1.54, 1.807) is 14.2 Å². The third-order valence-corrected chi connectivity index (χ3v) is 7.80. The Kier molecular flexibility index (Phi) is 9.90. The predicted octanol–water partition coefficient (Wildman–Crippen LogP) is 4.85. The van der Waals surface area contributed by atoms with Gasteiger partial charge in [-0.2, -0.15) is 0 Å². The van der Waals surface area contributed by atoms with Crippen molar-refractivity contribution in [2.45, 2.75) is 44.9 Å². The summed E-state index contributed by atoms with van der Waals surface area (Å²) in [5, 5.41) is 2.17. The molecule has 1 aromatic heterocycles. The lowest BCUT2D eigenvalue weighted by atomic mass is 9.97. The average Bonchev–Trinajstić information content (AvgIpc) is 3.28. The Hall–Kier alpha value is -1.76. The highest BCUT2D eigenvalue weighted by Crippen LogP contribution is 2.32. The molecule has 7 heteroatoms. The Bertz CT molecular complexity index is 890. The highest BCUT2D eigenvalue weighted by atomic mass is 35.5. The molecular formula is C26H37ClN2O3S.